The molecule has 1 aliphatic rings. The molecule has 1 saturated heterocycles. The van der Waals surface area contributed by atoms with Crippen LogP contribution in [0.4, 0.5) is 0 Å². The largest absolute Gasteiger partial charge is 0.493 e. The lowest BCUT2D eigenvalue weighted by atomic mass is 10.1. The lowest BCUT2D eigenvalue weighted by Gasteiger charge is -2.32. The molecule has 1 fully saturated rings. The second-order valence-corrected chi connectivity index (χ2v) is 7.33. The number of hydrogen-bond donors (Lipinski definition) is 2. The van der Waals surface area contributed by atoms with Crippen molar-refractivity contribution in [3.63, 3.8) is 0 Å². The third-order valence-corrected chi connectivity index (χ3v) is 5.66. The van der Waals surface area contributed by atoms with Gasteiger partial charge in [0.05, 0.1) is 58.6 Å². The maximum atomic E-state index is 13.0. The molecule has 2 heterocycles. The first kappa shape index (κ1) is 20.0. The third kappa shape index (κ3) is 3.66. The SMILES string of the molecule is COc1ccc(C[NH+]2CCN(C(=O)c3n[nH]c4ccccc34)CC2)c(OC)c1OC. The average Bonchev–Trinajstić information content (AvgIpc) is 3.22. The van der Waals surface area contributed by atoms with Gasteiger partial charge in [0.25, 0.3) is 5.91 Å². The van der Waals surface area contributed by atoms with Gasteiger partial charge in [0.2, 0.25) is 5.75 Å². The number of ether oxygens (including phenoxy) is 3. The predicted octanol–water partition coefficient (Wildman–Crippen LogP) is 1.13. The van der Waals surface area contributed by atoms with Crippen LogP contribution in [-0.2, 0) is 6.54 Å². The Balaban J connectivity index is 1.43. The van der Waals surface area contributed by atoms with Gasteiger partial charge in [-0.2, -0.15) is 5.10 Å². The van der Waals surface area contributed by atoms with Crippen LogP contribution in [0, 0.1) is 0 Å². The lowest BCUT2D eigenvalue weighted by molar-refractivity contribution is -0.917. The molecule has 0 saturated carbocycles. The highest BCUT2D eigenvalue weighted by atomic mass is 16.5. The standard InChI is InChI=1S/C22H26N4O4/c1-28-18-9-8-15(20(29-2)21(18)30-3)14-25-10-12-26(13-11-25)22(27)19-16-6-4-5-7-17(16)23-24-19/h4-9H,10-14H2,1-3H3,(H,23,24)/p+1. The summed E-state index contributed by atoms with van der Waals surface area (Å²) in [5.74, 6) is 1.94. The summed E-state index contributed by atoms with van der Waals surface area (Å²) >= 11 is 0. The summed E-state index contributed by atoms with van der Waals surface area (Å²) in [7, 11) is 4.86. The molecule has 158 valence electrons. The zero-order valence-corrected chi connectivity index (χ0v) is 17.5. The van der Waals surface area contributed by atoms with Gasteiger partial charge in [0.15, 0.2) is 17.2 Å². The minimum absolute atomic E-state index is 0.0183. The fourth-order valence-corrected chi connectivity index (χ4v) is 4.05. The fourth-order valence-electron chi connectivity index (χ4n) is 4.05. The Morgan fingerprint density at radius 2 is 1.77 bits per heavy atom. The number of rotatable bonds is 6. The molecule has 0 atom stereocenters. The fraction of sp³-hybridized carbons (Fsp3) is 0.364. The minimum Gasteiger partial charge on any atom is -0.493 e. The van der Waals surface area contributed by atoms with Crippen LogP contribution in [0.5, 0.6) is 17.2 Å². The van der Waals surface area contributed by atoms with Crippen LogP contribution in [0.3, 0.4) is 0 Å². The van der Waals surface area contributed by atoms with Gasteiger partial charge in [0.1, 0.15) is 6.54 Å². The van der Waals surface area contributed by atoms with E-state index >= 15 is 0 Å². The van der Waals surface area contributed by atoms with E-state index in [1.807, 2.05) is 41.3 Å². The first-order valence-electron chi connectivity index (χ1n) is 10.00. The molecular formula is C22H27N4O4+. The number of amides is 1. The highest BCUT2D eigenvalue weighted by Crippen LogP contribution is 2.39. The van der Waals surface area contributed by atoms with E-state index in [1.165, 1.54) is 4.90 Å². The summed E-state index contributed by atoms with van der Waals surface area (Å²) in [5.41, 5.74) is 2.43. The number of H-pyrrole nitrogens is 1. The first-order valence-corrected chi connectivity index (χ1v) is 10.00. The number of carbonyl (C=O) groups is 1. The predicted molar refractivity (Wildman–Crippen MR) is 112 cm³/mol. The molecule has 4 rings (SSSR count). The van der Waals surface area contributed by atoms with Gasteiger partial charge in [-0.1, -0.05) is 18.2 Å². The van der Waals surface area contributed by atoms with Crippen molar-refractivity contribution in [2.24, 2.45) is 0 Å². The minimum atomic E-state index is -0.0183. The zero-order valence-electron chi connectivity index (χ0n) is 17.5. The highest BCUT2D eigenvalue weighted by Gasteiger charge is 2.28. The van der Waals surface area contributed by atoms with Gasteiger partial charge in [-0.15, -0.1) is 0 Å². The number of quaternary nitrogens is 1. The molecule has 2 N–H and O–H groups in total. The number of hydrogen-bond acceptors (Lipinski definition) is 5. The number of para-hydroxylation sites is 1. The number of methoxy groups -OCH3 is 3. The van der Waals surface area contributed by atoms with E-state index in [4.69, 9.17) is 14.2 Å². The molecule has 3 aromatic rings. The third-order valence-electron chi connectivity index (χ3n) is 5.66. The van der Waals surface area contributed by atoms with Crippen LogP contribution < -0.4 is 19.1 Å². The second kappa shape index (κ2) is 8.62. The van der Waals surface area contributed by atoms with E-state index in [1.54, 1.807) is 21.3 Å². The van der Waals surface area contributed by atoms with E-state index in [0.29, 0.717) is 36.0 Å². The number of carbonyl (C=O) groups excluding carboxylic acids is 1. The summed E-state index contributed by atoms with van der Waals surface area (Å²) in [5, 5.41) is 8.06. The van der Waals surface area contributed by atoms with Gasteiger partial charge >= 0.3 is 0 Å². The van der Waals surface area contributed by atoms with E-state index in [9.17, 15) is 4.79 Å². The van der Waals surface area contributed by atoms with Gasteiger partial charge in [-0.05, 0) is 18.2 Å². The smallest absolute Gasteiger partial charge is 0.275 e. The Bertz CT molecular complexity index is 1040. The molecule has 8 heteroatoms. The Morgan fingerprint density at radius 1 is 1.03 bits per heavy atom. The van der Waals surface area contributed by atoms with Crippen molar-refractivity contribution >= 4 is 16.8 Å². The Kier molecular flexibility index (Phi) is 5.76. The molecule has 1 aliphatic heterocycles. The van der Waals surface area contributed by atoms with Gasteiger partial charge in [-0.25, -0.2) is 0 Å². The monoisotopic (exact) mass is 411 g/mol. The topological polar surface area (TPSA) is 81.1 Å². The van der Waals surface area contributed by atoms with E-state index in [2.05, 4.69) is 10.2 Å². The molecule has 0 spiro atoms. The second-order valence-electron chi connectivity index (χ2n) is 7.33. The number of piperazine rings is 1. The first-order chi connectivity index (χ1) is 14.7. The molecule has 1 amide bonds. The molecule has 30 heavy (non-hydrogen) atoms. The van der Waals surface area contributed by atoms with Crippen molar-refractivity contribution < 1.29 is 23.9 Å². The molecule has 1 aromatic heterocycles. The molecule has 0 unspecified atom stereocenters. The Labute approximate surface area is 175 Å². The maximum absolute atomic E-state index is 13.0. The lowest BCUT2D eigenvalue weighted by Crippen LogP contribution is -3.13. The number of benzene rings is 2. The van der Waals surface area contributed by atoms with Crippen LogP contribution in [-0.4, -0.2) is 68.5 Å². The maximum Gasteiger partial charge on any atom is 0.275 e. The average molecular weight is 411 g/mol. The highest BCUT2D eigenvalue weighted by molar-refractivity contribution is 6.04. The van der Waals surface area contributed by atoms with Crippen LogP contribution in [0.2, 0.25) is 0 Å². The van der Waals surface area contributed by atoms with Gasteiger partial charge < -0.3 is 24.0 Å². The van der Waals surface area contributed by atoms with Crippen molar-refractivity contribution in [2.45, 2.75) is 6.54 Å². The van der Waals surface area contributed by atoms with E-state index in [0.717, 1.165) is 36.1 Å². The zero-order chi connectivity index (χ0) is 21.1. The van der Waals surface area contributed by atoms with Gasteiger partial charge in [-0.3, -0.25) is 9.89 Å². The number of aromatic nitrogens is 2. The summed E-state index contributed by atoms with van der Waals surface area (Å²) in [6, 6.07) is 11.6. The molecular weight excluding hydrogens is 384 g/mol. The van der Waals surface area contributed by atoms with Crippen LogP contribution in [0.15, 0.2) is 36.4 Å². The molecule has 8 nitrogen and oxygen atoms in total. The summed E-state index contributed by atoms with van der Waals surface area (Å²) in [4.78, 5) is 16.3. The molecule has 0 aliphatic carbocycles. The van der Waals surface area contributed by atoms with Crippen LogP contribution in [0.25, 0.3) is 10.9 Å². The summed E-state index contributed by atoms with van der Waals surface area (Å²) in [6.45, 7) is 3.87. The number of aromatic amines is 1. The van der Waals surface area contributed by atoms with Crippen LogP contribution in [0.1, 0.15) is 16.1 Å². The van der Waals surface area contributed by atoms with Crippen molar-refractivity contribution in [2.75, 3.05) is 47.5 Å². The quantitative estimate of drug-likeness (QED) is 0.636. The van der Waals surface area contributed by atoms with Crippen molar-refractivity contribution in [3.05, 3.63) is 47.7 Å². The summed E-state index contributed by atoms with van der Waals surface area (Å²) < 4.78 is 16.5. The Morgan fingerprint density at radius 3 is 2.47 bits per heavy atom. The van der Waals surface area contributed by atoms with Crippen molar-refractivity contribution in [1.82, 2.24) is 15.1 Å². The van der Waals surface area contributed by atoms with E-state index < -0.39 is 0 Å². The number of nitrogens with zero attached hydrogens (tertiary/aromatic N) is 2. The number of fused-ring (bicyclic) bond motifs is 1. The molecule has 0 radical (unpaired) electrons. The molecule has 2 aromatic carbocycles. The van der Waals surface area contributed by atoms with E-state index in [-0.39, 0.29) is 5.91 Å². The van der Waals surface area contributed by atoms with Crippen molar-refractivity contribution in [1.29, 1.82) is 0 Å². The summed E-state index contributed by atoms with van der Waals surface area (Å²) in [6.07, 6.45) is 0. The van der Waals surface area contributed by atoms with Crippen LogP contribution >= 0.6 is 0 Å². The Hall–Kier alpha value is -3.26. The number of nitrogens with one attached hydrogen (secondary N) is 2. The van der Waals surface area contributed by atoms with Gasteiger partial charge in [0, 0.05) is 5.39 Å². The normalized spacial score (nSPS) is 14.7. The molecule has 0 bridgehead atoms. The van der Waals surface area contributed by atoms with Crippen molar-refractivity contribution in [3.8, 4) is 17.2 Å².